The lowest BCUT2D eigenvalue weighted by molar-refractivity contribution is -0.143. The Kier molecular flexibility index (Phi) is 6.95. The molecule has 164 valence electrons. The molecule has 0 saturated heterocycles. The van der Waals surface area contributed by atoms with Crippen LogP contribution >= 0.6 is 0 Å². The number of hydrogen-bond donors (Lipinski definition) is 2. The minimum Gasteiger partial charge on any atom is -0.368 e. The fourth-order valence-corrected chi connectivity index (χ4v) is 2.73. The van der Waals surface area contributed by atoms with Crippen LogP contribution in [-0.4, -0.2) is 17.9 Å². The van der Waals surface area contributed by atoms with Crippen molar-refractivity contribution >= 4 is 11.8 Å². The molecule has 2 aromatic rings. The zero-order valence-corrected chi connectivity index (χ0v) is 15.6. The predicted molar refractivity (Wildman–Crippen MR) is 96.1 cm³/mol. The van der Waals surface area contributed by atoms with Gasteiger partial charge in [-0.1, -0.05) is 12.1 Å². The van der Waals surface area contributed by atoms with Crippen molar-refractivity contribution in [3.8, 4) is 6.07 Å². The summed E-state index contributed by atoms with van der Waals surface area (Å²) in [7, 11) is 0. The van der Waals surface area contributed by atoms with Gasteiger partial charge >= 0.3 is 12.4 Å². The maximum Gasteiger partial charge on any atom is 0.416 e. The number of carbonyl (C=O) groups excluding carboxylic acids is 2. The van der Waals surface area contributed by atoms with E-state index in [1.54, 1.807) is 0 Å². The summed E-state index contributed by atoms with van der Waals surface area (Å²) in [4.78, 5) is 23.9. The van der Waals surface area contributed by atoms with E-state index in [1.165, 1.54) is 24.3 Å². The van der Waals surface area contributed by atoms with Crippen LogP contribution in [0.1, 0.15) is 27.8 Å². The van der Waals surface area contributed by atoms with Crippen LogP contribution in [-0.2, 0) is 34.8 Å². The van der Waals surface area contributed by atoms with Gasteiger partial charge in [0.25, 0.3) is 0 Å². The molecular formula is C20H15F6N3O2. The quantitative estimate of drug-likeness (QED) is 0.671. The summed E-state index contributed by atoms with van der Waals surface area (Å²) < 4.78 is 77.6. The second-order valence-electron chi connectivity index (χ2n) is 6.63. The zero-order chi connectivity index (χ0) is 23.4. The molecule has 2 aromatic carbocycles. The van der Waals surface area contributed by atoms with Crippen molar-refractivity contribution in [2.75, 3.05) is 0 Å². The Bertz CT molecular complexity index is 975. The lowest BCUT2D eigenvalue weighted by Crippen LogP contribution is -2.46. The number of benzene rings is 2. The molecule has 0 heterocycles. The van der Waals surface area contributed by atoms with Crippen molar-refractivity contribution in [2.45, 2.75) is 31.2 Å². The Morgan fingerprint density at radius 3 is 1.87 bits per heavy atom. The molecule has 0 aliphatic carbocycles. The van der Waals surface area contributed by atoms with E-state index in [2.05, 4.69) is 5.32 Å². The average Bonchev–Trinajstić information content (AvgIpc) is 2.66. The van der Waals surface area contributed by atoms with Crippen LogP contribution in [0.5, 0.6) is 0 Å². The Labute approximate surface area is 172 Å². The molecule has 0 unspecified atom stereocenters. The number of halogens is 6. The number of nitriles is 1. The first-order valence-electron chi connectivity index (χ1n) is 8.65. The molecule has 0 aliphatic rings. The van der Waals surface area contributed by atoms with Gasteiger partial charge in [-0.05, 0) is 41.5 Å². The van der Waals surface area contributed by atoms with E-state index in [-0.39, 0.29) is 12.5 Å². The molecule has 0 aliphatic heterocycles. The third kappa shape index (κ3) is 6.74. The second kappa shape index (κ2) is 9.07. The fraction of sp³-hybridized carbons (Fsp3) is 0.250. The van der Waals surface area contributed by atoms with Crippen LogP contribution < -0.4 is 11.1 Å². The van der Waals surface area contributed by atoms with Gasteiger partial charge in [-0.15, -0.1) is 0 Å². The smallest absolute Gasteiger partial charge is 0.368 e. The van der Waals surface area contributed by atoms with Crippen LogP contribution in [0.3, 0.4) is 0 Å². The summed E-state index contributed by atoms with van der Waals surface area (Å²) in [6.07, 6.45) is -11.0. The number of amides is 2. The molecule has 2 rings (SSSR count). The van der Waals surface area contributed by atoms with Crippen molar-refractivity contribution < 1.29 is 35.9 Å². The molecule has 0 fully saturated rings. The highest BCUT2D eigenvalue weighted by atomic mass is 19.4. The van der Waals surface area contributed by atoms with Gasteiger partial charge in [0.15, 0.2) is 0 Å². The van der Waals surface area contributed by atoms with Crippen LogP contribution in [0.2, 0.25) is 0 Å². The second-order valence-corrected chi connectivity index (χ2v) is 6.63. The number of nitrogens with two attached hydrogens (primary N) is 1. The van der Waals surface area contributed by atoms with Crippen molar-refractivity contribution in [2.24, 2.45) is 5.73 Å². The summed E-state index contributed by atoms with van der Waals surface area (Å²) in [6, 6.07) is 7.45. The number of nitrogens with zero attached hydrogens (tertiary/aromatic N) is 1. The lowest BCUT2D eigenvalue weighted by atomic mass is 10.0. The van der Waals surface area contributed by atoms with Crippen LogP contribution in [0.4, 0.5) is 26.3 Å². The Morgan fingerprint density at radius 2 is 1.45 bits per heavy atom. The molecule has 3 N–H and O–H groups in total. The molecule has 2 amide bonds. The third-order valence-corrected chi connectivity index (χ3v) is 4.21. The summed E-state index contributed by atoms with van der Waals surface area (Å²) in [5.74, 6) is -1.93. The van der Waals surface area contributed by atoms with Crippen molar-refractivity contribution in [3.05, 3.63) is 70.3 Å². The van der Waals surface area contributed by atoms with Crippen molar-refractivity contribution in [1.82, 2.24) is 5.32 Å². The Morgan fingerprint density at radius 1 is 0.935 bits per heavy atom. The van der Waals surface area contributed by atoms with E-state index in [1.807, 2.05) is 6.07 Å². The number of rotatable bonds is 6. The van der Waals surface area contributed by atoms with E-state index < -0.39 is 53.3 Å². The first-order chi connectivity index (χ1) is 14.3. The van der Waals surface area contributed by atoms with Gasteiger partial charge in [0.1, 0.15) is 6.04 Å². The molecule has 0 aromatic heterocycles. The standard InChI is InChI=1S/C20H15F6N3O2/c21-19(22,23)14-5-13(6-15(9-14)20(24,25)26)8-17(30)29-16(18(28)31)7-11-1-3-12(10-27)4-2-11/h1-6,9,16H,7-8H2,(H2,28,31)(H,29,30)/t16-/m0/s1. The first kappa shape index (κ1) is 23.7. The number of alkyl halides is 6. The number of carbonyl (C=O) groups is 2. The minimum absolute atomic E-state index is 0.0431. The highest BCUT2D eigenvalue weighted by Gasteiger charge is 2.37. The average molecular weight is 443 g/mol. The highest BCUT2D eigenvalue weighted by molar-refractivity contribution is 5.87. The Hall–Kier alpha value is -3.55. The predicted octanol–water partition coefficient (Wildman–Crippen LogP) is 3.35. The SMILES string of the molecule is N#Cc1ccc(C[C@H](NC(=O)Cc2cc(C(F)(F)F)cc(C(F)(F)F)c2)C(N)=O)cc1. The highest BCUT2D eigenvalue weighted by Crippen LogP contribution is 2.36. The summed E-state index contributed by atoms with van der Waals surface area (Å²) >= 11 is 0. The van der Waals surface area contributed by atoms with Gasteiger partial charge in [0.2, 0.25) is 11.8 Å². The van der Waals surface area contributed by atoms with Gasteiger partial charge in [-0.2, -0.15) is 31.6 Å². The largest absolute Gasteiger partial charge is 0.416 e. The number of hydrogen-bond acceptors (Lipinski definition) is 3. The van der Waals surface area contributed by atoms with Crippen molar-refractivity contribution in [1.29, 1.82) is 5.26 Å². The molecule has 5 nitrogen and oxygen atoms in total. The molecular weight excluding hydrogens is 428 g/mol. The summed E-state index contributed by atoms with van der Waals surface area (Å²) in [5, 5.41) is 11.0. The first-order valence-corrected chi connectivity index (χ1v) is 8.65. The summed E-state index contributed by atoms with van der Waals surface area (Å²) in [6.45, 7) is 0. The van der Waals surface area contributed by atoms with E-state index in [0.29, 0.717) is 23.3 Å². The topological polar surface area (TPSA) is 96.0 Å². The molecule has 0 saturated carbocycles. The lowest BCUT2D eigenvalue weighted by Gasteiger charge is -2.17. The molecule has 31 heavy (non-hydrogen) atoms. The van der Waals surface area contributed by atoms with Crippen LogP contribution in [0.15, 0.2) is 42.5 Å². The monoisotopic (exact) mass is 443 g/mol. The van der Waals surface area contributed by atoms with Gasteiger partial charge in [-0.3, -0.25) is 9.59 Å². The minimum atomic E-state index is -5.04. The number of primary amides is 1. The van der Waals surface area contributed by atoms with Gasteiger partial charge in [-0.25, -0.2) is 0 Å². The molecule has 0 radical (unpaired) electrons. The summed E-state index contributed by atoms with van der Waals surface area (Å²) in [5.41, 5.74) is 2.50. The maximum absolute atomic E-state index is 12.9. The van der Waals surface area contributed by atoms with Crippen LogP contribution in [0, 0.1) is 11.3 Å². The fourth-order valence-electron chi connectivity index (χ4n) is 2.73. The molecule has 11 heteroatoms. The van der Waals surface area contributed by atoms with Gasteiger partial charge in [0, 0.05) is 6.42 Å². The maximum atomic E-state index is 12.9. The Balaban J connectivity index is 2.20. The number of nitrogens with one attached hydrogen (secondary N) is 1. The third-order valence-electron chi connectivity index (χ3n) is 4.21. The van der Waals surface area contributed by atoms with E-state index in [4.69, 9.17) is 11.0 Å². The van der Waals surface area contributed by atoms with E-state index in [0.717, 1.165) is 0 Å². The normalized spacial score (nSPS) is 12.7. The molecule has 0 spiro atoms. The van der Waals surface area contributed by atoms with Gasteiger partial charge < -0.3 is 11.1 Å². The van der Waals surface area contributed by atoms with Crippen molar-refractivity contribution in [3.63, 3.8) is 0 Å². The van der Waals surface area contributed by atoms with E-state index >= 15 is 0 Å². The van der Waals surface area contributed by atoms with Crippen LogP contribution in [0.25, 0.3) is 0 Å². The molecule has 0 bridgehead atoms. The zero-order valence-electron chi connectivity index (χ0n) is 15.6. The van der Waals surface area contributed by atoms with E-state index in [9.17, 15) is 35.9 Å². The molecule has 1 atom stereocenters. The van der Waals surface area contributed by atoms with Gasteiger partial charge in [0.05, 0.1) is 29.2 Å².